The molecule has 0 unspecified atom stereocenters. The van der Waals surface area contributed by atoms with Gasteiger partial charge < -0.3 is 5.32 Å². The second-order valence-corrected chi connectivity index (χ2v) is 6.21. The van der Waals surface area contributed by atoms with Crippen LogP contribution in [0.25, 0.3) is 0 Å². The zero-order valence-corrected chi connectivity index (χ0v) is 12.6. The van der Waals surface area contributed by atoms with Gasteiger partial charge in [0.15, 0.2) is 0 Å². The van der Waals surface area contributed by atoms with Gasteiger partial charge in [-0.15, -0.1) is 11.3 Å². The van der Waals surface area contributed by atoms with Crippen LogP contribution in [0.15, 0.2) is 11.4 Å². The molecule has 0 amide bonds. The van der Waals surface area contributed by atoms with E-state index in [2.05, 4.69) is 35.5 Å². The van der Waals surface area contributed by atoms with E-state index in [0.29, 0.717) is 6.04 Å². The summed E-state index contributed by atoms with van der Waals surface area (Å²) in [6, 6.07) is 2.94. The summed E-state index contributed by atoms with van der Waals surface area (Å²) >= 11 is 1.95. The maximum absolute atomic E-state index is 3.46. The fraction of sp³-hybridized carbons (Fsp3) is 0.733. The topological polar surface area (TPSA) is 15.3 Å². The third-order valence-corrected chi connectivity index (χ3v) is 5.00. The van der Waals surface area contributed by atoms with Crippen LogP contribution < -0.4 is 5.32 Å². The van der Waals surface area contributed by atoms with Crippen LogP contribution in [0.4, 0.5) is 0 Å². The van der Waals surface area contributed by atoms with Crippen molar-refractivity contribution < 1.29 is 0 Å². The molecule has 102 valence electrons. The molecule has 1 aliphatic heterocycles. The minimum absolute atomic E-state index is 0.665. The number of hydrogen-bond donors (Lipinski definition) is 1. The van der Waals surface area contributed by atoms with Crippen LogP contribution in [0.3, 0.4) is 0 Å². The fourth-order valence-electron chi connectivity index (χ4n) is 2.79. The molecule has 2 nitrogen and oxygen atoms in total. The Morgan fingerprint density at radius 1 is 1.33 bits per heavy atom. The number of piperazine rings is 1. The van der Waals surface area contributed by atoms with E-state index in [1.165, 1.54) is 44.3 Å². The Balaban J connectivity index is 2.04. The van der Waals surface area contributed by atoms with Gasteiger partial charge in [-0.05, 0) is 30.4 Å². The maximum atomic E-state index is 3.46. The van der Waals surface area contributed by atoms with Crippen LogP contribution in [0.1, 0.15) is 49.1 Å². The number of nitrogens with zero attached hydrogens (tertiary/aromatic N) is 1. The van der Waals surface area contributed by atoms with Gasteiger partial charge in [-0.25, -0.2) is 0 Å². The van der Waals surface area contributed by atoms with Crippen molar-refractivity contribution in [3.8, 4) is 0 Å². The van der Waals surface area contributed by atoms with Crippen molar-refractivity contribution in [2.45, 2.75) is 45.6 Å². The molecule has 3 heteroatoms. The van der Waals surface area contributed by atoms with Gasteiger partial charge in [-0.3, -0.25) is 4.90 Å². The fourth-order valence-corrected chi connectivity index (χ4v) is 3.88. The summed E-state index contributed by atoms with van der Waals surface area (Å²) in [7, 11) is 0. The summed E-state index contributed by atoms with van der Waals surface area (Å²) < 4.78 is 0. The SMILES string of the molecule is CCCCC[C@@H](c1sccc1C)N1CCNCC1. The van der Waals surface area contributed by atoms with Gasteiger partial charge in [0.1, 0.15) is 0 Å². The van der Waals surface area contributed by atoms with Crippen LogP contribution in [0, 0.1) is 6.92 Å². The van der Waals surface area contributed by atoms with Crippen molar-refractivity contribution in [3.63, 3.8) is 0 Å². The van der Waals surface area contributed by atoms with E-state index in [1.54, 1.807) is 4.88 Å². The molecule has 1 aromatic heterocycles. The van der Waals surface area contributed by atoms with Crippen LogP contribution in [0.2, 0.25) is 0 Å². The third kappa shape index (κ3) is 3.56. The van der Waals surface area contributed by atoms with Crippen LogP contribution in [-0.2, 0) is 0 Å². The van der Waals surface area contributed by atoms with E-state index >= 15 is 0 Å². The highest BCUT2D eigenvalue weighted by molar-refractivity contribution is 7.10. The van der Waals surface area contributed by atoms with Crippen LogP contribution in [0.5, 0.6) is 0 Å². The molecule has 0 aromatic carbocycles. The molecule has 0 bridgehead atoms. The Morgan fingerprint density at radius 2 is 2.11 bits per heavy atom. The number of nitrogens with one attached hydrogen (secondary N) is 1. The quantitative estimate of drug-likeness (QED) is 0.792. The Labute approximate surface area is 115 Å². The first-order chi connectivity index (χ1) is 8.83. The second-order valence-electron chi connectivity index (χ2n) is 5.27. The van der Waals surface area contributed by atoms with Crippen molar-refractivity contribution in [3.05, 3.63) is 21.9 Å². The van der Waals surface area contributed by atoms with E-state index in [-0.39, 0.29) is 0 Å². The smallest absolute Gasteiger partial charge is 0.0445 e. The molecular weight excluding hydrogens is 240 g/mol. The minimum Gasteiger partial charge on any atom is -0.314 e. The summed E-state index contributed by atoms with van der Waals surface area (Å²) in [5.74, 6) is 0. The molecule has 0 spiro atoms. The predicted molar refractivity (Wildman–Crippen MR) is 80.4 cm³/mol. The van der Waals surface area contributed by atoms with E-state index in [9.17, 15) is 0 Å². The van der Waals surface area contributed by atoms with Gasteiger partial charge in [0.05, 0.1) is 0 Å². The molecule has 1 saturated heterocycles. The van der Waals surface area contributed by atoms with E-state index in [0.717, 1.165) is 13.1 Å². The molecule has 2 heterocycles. The van der Waals surface area contributed by atoms with Crippen LogP contribution >= 0.6 is 11.3 Å². The largest absolute Gasteiger partial charge is 0.314 e. The maximum Gasteiger partial charge on any atom is 0.0445 e. The Kier molecular flexibility index (Phi) is 5.67. The van der Waals surface area contributed by atoms with Gasteiger partial charge in [0, 0.05) is 37.1 Å². The minimum atomic E-state index is 0.665. The molecule has 18 heavy (non-hydrogen) atoms. The standard InChI is InChI=1S/C15H26N2S/c1-3-4-5-6-14(15-13(2)7-12-18-15)17-10-8-16-9-11-17/h7,12,14,16H,3-6,8-11H2,1-2H3/t14-/m0/s1. The molecule has 1 N–H and O–H groups in total. The van der Waals surface area contributed by atoms with Gasteiger partial charge in [-0.2, -0.15) is 0 Å². The second kappa shape index (κ2) is 7.27. The number of rotatable bonds is 6. The molecule has 0 aliphatic carbocycles. The Bertz CT molecular complexity index is 342. The summed E-state index contributed by atoms with van der Waals surface area (Å²) in [5.41, 5.74) is 1.49. The molecule has 1 aliphatic rings. The lowest BCUT2D eigenvalue weighted by atomic mass is 10.0. The predicted octanol–water partition coefficient (Wildman–Crippen LogP) is 3.58. The zero-order valence-electron chi connectivity index (χ0n) is 11.7. The van der Waals surface area contributed by atoms with Crippen molar-refractivity contribution in [1.29, 1.82) is 0 Å². The first-order valence-electron chi connectivity index (χ1n) is 7.31. The first-order valence-corrected chi connectivity index (χ1v) is 8.19. The summed E-state index contributed by atoms with van der Waals surface area (Å²) in [6.45, 7) is 9.25. The molecule has 0 radical (unpaired) electrons. The average Bonchev–Trinajstić information content (AvgIpc) is 2.82. The van der Waals surface area contributed by atoms with Crippen molar-refractivity contribution in [1.82, 2.24) is 10.2 Å². The van der Waals surface area contributed by atoms with Crippen molar-refractivity contribution in [2.75, 3.05) is 26.2 Å². The first kappa shape index (κ1) is 14.0. The summed E-state index contributed by atoms with van der Waals surface area (Å²) in [5, 5.41) is 5.71. The number of aryl methyl sites for hydroxylation is 1. The average molecular weight is 266 g/mol. The normalized spacial score (nSPS) is 19.0. The molecule has 2 rings (SSSR count). The molecule has 1 fully saturated rings. The molecule has 1 atom stereocenters. The van der Waals surface area contributed by atoms with Gasteiger partial charge >= 0.3 is 0 Å². The van der Waals surface area contributed by atoms with Crippen molar-refractivity contribution >= 4 is 11.3 Å². The lowest BCUT2D eigenvalue weighted by molar-refractivity contribution is 0.165. The Morgan fingerprint density at radius 3 is 2.72 bits per heavy atom. The Hall–Kier alpha value is -0.380. The van der Waals surface area contributed by atoms with E-state index in [4.69, 9.17) is 0 Å². The summed E-state index contributed by atoms with van der Waals surface area (Å²) in [4.78, 5) is 4.29. The van der Waals surface area contributed by atoms with Gasteiger partial charge in [0.2, 0.25) is 0 Å². The van der Waals surface area contributed by atoms with E-state index < -0.39 is 0 Å². The van der Waals surface area contributed by atoms with Gasteiger partial charge in [0.25, 0.3) is 0 Å². The lowest BCUT2D eigenvalue weighted by Crippen LogP contribution is -2.45. The van der Waals surface area contributed by atoms with Gasteiger partial charge in [-0.1, -0.05) is 26.2 Å². The highest BCUT2D eigenvalue weighted by Crippen LogP contribution is 2.33. The number of hydrogen-bond acceptors (Lipinski definition) is 3. The van der Waals surface area contributed by atoms with E-state index in [1.807, 2.05) is 11.3 Å². The number of unbranched alkanes of at least 4 members (excludes halogenated alkanes) is 2. The summed E-state index contributed by atoms with van der Waals surface area (Å²) in [6.07, 6.45) is 5.38. The monoisotopic (exact) mass is 266 g/mol. The molecule has 1 aromatic rings. The highest BCUT2D eigenvalue weighted by Gasteiger charge is 2.23. The molecule has 0 saturated carbocycles. The van der Waals surface area contributed by atoms with Crippen LogP contribution in [-0.4, -0.2) is 31.1 Å². The lowest BCUT2D eigenvalue weighted by Gasteiger charge is -2.35. The number of thiophene rings is 1. The van der Waals surface area contributed by atoms with Crippen molar-refractivity contribution in [2.24, 2.45) is 0 Å². The third-order valence-electron chi connectivity index (χ3n) is 3.88. The zero-order chi connectivity index (χ0) is 12.8. The highest BCUT2D eigenvalue weighted by atomic mass is 32.1. The molecular formula is C15H26N2S.